The van der Waals surface area contributed by atoms with E-state index in [1.807, 2.05) is 36.5 Å². The zero-order valence-corrected chi connectivity index (χ0v) is 14.4. The number of hydrogen-bond acceptors (Lipinski definition) is 3. The molecule has 5 rings (SSSR count). The van der Waals surface area contributed by atoms with Crippen molar-refractivity contribution in [1.29, 1.82) is 0 Å². The van der Waals surface area contributed by atoms with Crippen molar-refractivity contribution in [2.45, 2.75) is 10.9 Å². The minimum atomic E-state index is -0.372. The second kappa shape index (κ2) is 5.45. The average molecular weight is 367 g/mol. The molecule has 4 nitrogen and oxygen atoms in total. The van der Waals surface area contributed by atoms with Crippen LogP contribution in [0.4, 0.5) is 0 Å². The maximum absolute atomic E-state index is 4.68. The zero-order valence-electron chi connectivity index (χ0n) is 13.3. The molecule has 0 spiro atoms. The summed E-state index contributed by atoms with van der Waals surface area (Å²) in [5.41, 5.74) is 4.78. The van der Waals surface area contributed by atoms with Gasteiger partial charge in [0, 0.05) is 0 Å². The summed E-state index contributed by atoms with van der Waals surface area (Å²) in [4.78, 5) is 12.7. The van der Waals surface area contributed by atoms with E-state index in [1.54, 1.807) is 0 Å². The first-order chi connectivity index (χ1) is 12.1. The summed E-state index contributed by atoms with van der Waals surface area (Å²) < 4.78 is -0.372. The molecule has 25 heavy (non-hydrogen) atoms. The van der Waals surface area contributed by atoms with E-state index in [-0.39, 0.29) is 4.44 Å². The molecule has 1 aromatic rings. The van der Waals surface area contributed by atoms with Gasteiger partial charge in [-0.05, 0) is 0 Å². The summed E-state index contributed by atoms with van der Waals surface area (Å²) in [5.74, 6) is 0. The molecule has 0 amide bonds. The molecule has 0 fully saturated rings. The van der Waals surface area contributed by atoms with Gasteiger partial charge in [-0.25, -0.2) is 0 Å². The molecule has 1 unspecified atom stereocenters. The van der Waals surface area contributed by atoms with Crippen LogP contribution in [-0.2, 0) is 16.0 Å². The van der Waals surface area contributed by atoms with E-state index in [2.05, 4.69) is 66.7 Å². The number of nitrogens with one attached hydrogen (secondary N) is 2. The van der Waals surface area contributed by atoms with Gasteiger partial charge in [0.15, 0.2) is 0 Å². The van der Waals surface area contributed by atoms with E-state index in [1.165, 1.54) is 0 Å². The first-order valence-electron chi connectivity index (χ1n) is 8.16. The molecule has 123 valence electrons. The molecule has 5 heteroatoms. The van der Waals surface area contributed by atoms with Gasteiger partial charge in [0.2, 0.25) is 0 Å². The van der Waals surface area contributed by atoms with Crippen LogP contribution < -0.4 is 16.0 Å². The second-order valence-corrected chi connectivity index (χ2v) is 7.35. The number of fused-ring (bicyclic) bond motifs is 6. The van der Waals surface area contributed by atoms with Crippen LogP contribution in [0, 0.1) is 0 Å². The van der Waals surface area contributed by atoms with E-state index in [9.17, 15) is 0 Å². The summed E-state index contributed by atoms with van der Waals surface area (Å²) in [6.45, 7) is 0. The Morgan fingerprint density at radius 2 is 1.56 bits per heavy atom. The van der Waals surface area contributed by atoms with Crippen LogP contribution >= 0.6 is 0 Å². The number of allylic oxidation sites excluding steroid dienone is 5. The SMILES string of the molecule is [Fe][C]12C=C3C=CC(=N3)C=c3ccc([nH]3)=CC3=NC(=CC(=CC1)N2)C=C3. The number of rotatable bonds is 0. The van der Waals surface area contributed by atoms with Gasteiger partial charge < -0.3 is 0 Å². The van der Waals surface area contributed by atoms with Crippen molar-refractivity contribution < 1.29 is 16.0 Å². The van der Waals surface area contributed by atoms with Gasteiger partial charge in [0.05, 0.1) is 0 Å². The van der Waals surface area contributed by atoms with Crippen LogP contribution in [0.15, 0.2) is 81.7 Å². The third kappa shape index (κ3) is 2.93. The Hall–Kier alpha value is -2.62. The molecule has 0 radical (unpaired) electrons. The van der Waals surface area contributed by atoms with Crippen LogP contribution in [-0.4, -0.2) is 20.8 Å². The molecule has 4 aliphatic heterocycles. The Balaban J connectivity index is 1.67. The predicted molar refractivity (Wildman–Crippen MR) is 96.9 cm³/mol. The van der Waals surface area contributed by atoms with Gasteiger partial charge in [-0.2, -0.15) is 0 Å². The number of H-pyrrole nitrogens is 1. The molecule has 0 aromatic carbocycles. The molecule has 5 heterocycles. The fraction of sp³-hybridized carbons (Fsp3) is 0.100. The molecule has 0 saturated carbocycles. The number of aliphatic imine (C=N–C) groups is 2. The summed E-state index contributed by atoms with van der Waals surface area (Å²) in [6, 6.07) is 4.10. The summed E-state index contributed by atoms with van der Waals surface area (Å²) in [5, 5.41) is 5.53. The van der Waals surface area contributed by atoms with E-state index < -0.39 is 0 Å². The van der Waals surface area contributed by atoms with Crippen molar-refractivity contribution in [3.05, 3.63) is 82.5 Å². The van der Waals surface area contributed by atoms with Crippen molar-refractivity contribution in [3.63, 3.8) is 0 Å². The topological polar surface area (TPSA) is 52.5 Å². The average Bonchev–Trinajstić information content (AvgIpc) is 3.32. The summed E-state index contributed by atoms with van der Waals surface area (Å²) in [7, 11) is 0. The van der Waals surface area contributed by atoms with E-state index in [0.29, 0.717) is 0 Å². The Bertz CT molecular complexity index is 1100. The van der Waals surface area contributed by atoms with Crippen molar-refractivity contribution >= 4 is 23.6 Å². The molecule has 8 bridgehead atoms. The van der Waals surface area contributed by atoms with Crippen molar-refractivity contribution in [3.8, 4) is 0 Å². The first-order valence-corrected chi connectivity index (χ1v) is 8.72. The van der Waals surface area contributed by atoms with E-state index in [4.69, 9.17) is 0 Å². The zero-order chi connectivity index (χ0) is 16.9. The van der Waals surface area contributed by atoms with Crippen molar-refractivity contribution in [1.82, 2.24) is 10.3 Å². The number of aromatic amines is 1. The fourth-order valence-electron chi connectivity index (χ4n) is 3.20. The fourth-order valence-corrected chi connectivity index (χ4v) is 3.64. The van der Waals surface area contributed by atoms with Crippen LogP contribution in [0.3, 0.4) is 0 Å². The third-order valence-corrected chi connectivity index (χ3v) is 4.87. The minimum absolute atomic E-state index is 0.372. The molecule has 1 atom stereocenters. The first kappa shape index (κ1) is 14.7. The summed E-state index contributed by atoms with van der Waals surface area (Å²) in [6.07, 6.45) is 19.3. The third-order valence-electron chi connectivity index (χ3n) is 4.34. The monoisotopic (exact) mass is 367 g/mol. The second-order valence-electron chi connectivity index (χ2n) is 6.37. The predicted octanol–water partition coefficient (Wildman–Crippen LogP) is 1.50. The van der Waals surface area contributed by atoms with Gasteiger partial charge >= 0.3 is 153 Å². The molecule has 0 saturated heterocycles. The Labute approximate surface area is 153 Å². The number of nitrogens with zero attached hydrogens (tertiary/aromatic N) is 2. The van der Waals surface area contributed by atoms with Crippen LogP contribution in [0.5, 0.6) is 0 Å². The Kier molecular flexibility index (Phi) is 3.20. The van der Waals surface area contributed by atoms with Crippen LogP contribution in [0.25, 0.3) is 12.2 Å². The maximum atomic E-state index is 4.68. The Morgan fingerprint density at radius 1 is 0.880 bits per heavy atom. The molecule has 0 aliphatic carbocycles. The standard InChI is InChI=1S/C20H15N4.Fe/c1-2-14-10-16-5-6-18(23-16)12-20-8-7-19(24-20)11-17-4-3-15(22-17)9-13(1)21-14;/h1-7,9-12,21,24H,8H2;. The summed E-state index contributed by atoms with van der Waals surface area (Å²) >= 11 is 4.33. The van der Waals surface area contributed by atoms with E-state index >= 15 is 0 Å². The number of aromatic nitrogens is 1. The molecular formula is C20H15FeN4. The van der Waals surface area contributed by atoms with Gasteiger partial charge in [-0.3, -0.25) is 0 Å². The van der Waals surface area contributed by atoms with E-state index in [0.717, 1.165) is 45.6 Å². The van der Waals surface area contributed by atoms with Crippen LogP contribution in [0.1, 0.15) is 6.42 Å². The molecule has 1 aromatic heterocycles. The quantitative estimate of drug-likeness (QED) is 0.671. The molecule has 2 N–H and O–H groups in total. The normalized spacial score (nSPS) is 26.0. The molecule has 4 aliphatic rings. The van der Waals surface area contributed by atoms with Crippen LogP contribution in [0.2, 0.25) is 0 Å². The Morgan fingerprint density at radius 3 is 2.32 bits per heavy atom. The van der Waals surface area contributed by atoms with Crippen molar-refractivity contribution in [2.24, 2.45) is 9.98 Å². The van der Waals surface area contributed by atoms with Gasteiger partial charge in [0.1, 0.15) is 0 Å². The molecular weight excluding hydrogens is 352 g/mol. The van der Waals surface area contributed by atoms with Gasteiger partial charge in [0.25, 0.3) is 0 Å². The van der Waals surface area contributed by atoms with Gasteiger partial charge in [-0.1, -0.05) is 0 Å². The van der Waals surface area contributed by atoms with Gasteiger partial charge in [-0.15, -0.1) is 0 Å². The van der Waals surface area contributed by atoms with Crippen molar-refractivity contribution in [2.75, 3.05) is 0 Å². The number of hydrogen-bond donors (Lipinski definition) is 2.